The van der Waals surface area contributed by atoms with Crippen molar-refractivity contribution < 1.29 is 9.90 Å². The van der Waals surface area contributed by atoms with Gasteiger partial charge in [-0.1, -0.05) is 35.5 Å². The fourth-order valence-electron chi connectivity index (χ4n) is 0.848. The van der Waals surface area contributed by atoms with E-state index in [9.17, 15) is 4.79 Å². The number of carbonyl (C=O) groups is 1. The van der Waals surface area contributed by atoms with Crippen LogP contribution in [0.5, 0.6) is 0 Å². The molecule has 0 aromatic heterocycles. The van der Waals surface area contributed by atoms with Crippen molar-refractivity contribution in [2.24, 2.45) is 0 Å². The molecule has 0 aliphatic carbocycles. The van der Waals surface area contributed by atoms with E-state index in [1.807, 2.05) is 45.1 Å². The van der Waals surface area contributed by atoms with Crippen molar-refractivity contribution in [3.63, 3.8) is 0 Å². The van der Waals surface area contributed by atoms with Gasteiger partial charge in [0.1, 0.15) is 0 Å². The van der Waals surface area contributed by atoms with E-state index in [-0.39, 0.29) is 6.42 Å². The second kappa shape index (κ2) is 7.13. The molecule has 1 N–H and O–H groups in total. The molecular formula is C12H18O2. The van der Waals surface area contributed by atoms with Gasteiger partial charge in [0.2, 0.25) is 0 Å². The minimum atomic E-state index is -0.744. The van der Waals surface area contributed by atoms with Crippen LogP contribution in [0.25, 0.3) is 0 Å². The Morgan fingerprint density at radius 1 is 1.29 bits per heavy atom. The van der Waals surface area contributed by atoms with Gasteiger partial charge in [-0.2, -0.15) is 0 Å². The summed E-state index contributed by atoms with van der Waals surface area (Å²) in [6, 6.07) is 0. The molecular weight excluding hydrogens is 176 g/mol. The highest BCUT2D eigenvalue weighted by Gasteiger charge is 1.95. The predicted octanol–water partition coefficient (Wildman–Crippen LogP) is 3.32. The third-order valence-electron chi connectivity index (χ3n) is 1.93. The number of carboxylic acids is 1. The second-order valence-corrected chi connectivity index (χ2v) is 3.30. The first kappa shape index (κ1) is 12.7. The fraction of sp³-hybridized carbons (Fsp3) is 0.417. The molecule has 14 heavy (non-hydrogen) atoms. The molecule has 0 rings (SSSR count). The summed E-state index contributed by atoms with van der Waals surface area (Å²) in [6.07, 6.45) is 8.76. The van der Waals surface area contributed by atoms with E-state index in [1.54, 1.807) is 0 Å². The maximum absolute atomic E-state index is 10.3. The van der Waals surface area contributed by atoms with Gasteiger partial charge in [-0.15, -0.1) is 0 Å². The lowest BCUT2D eigenvalue weighted by atomic mass is 10.1. The minimum Gasteiger partial charge on any atom is -0.481 e. The van der Waals surface area contributed by atoms with Gasteiger partial charge in [0, 0.05) is 6.42 Å². The third-order valence-corrected chi connectivity index (χ3v) is 1.93. The van der Waals surface area contributed by atoms with Crippen molar-refractivity contribution in [3.8, 4) is 0 Å². The van der Waals surface area contributed by atoms with Crippen LogP contribution in [0.2, 0.25) is 0 Å². The Labute approximate surface area is 85.6 Å². The maximum atomic E-state index is 10.3. The van der Waals surface area contributed by atoms with Crippen LogP contribution in [0.15, 0.2) is 35.5 Å². The van der Waals surface area contributed by atoms with E-state index >= 15 is 0 Å². The first-order valence-corrected chi connectivity index (χ1v) is 4.74. The summed E-state index contributed by atoms with van der Waals surface area (Å²) in [5, 5.41) is 8.46. The first-order valence-electron chi connectivity index (χ1n) is 4.74. The Bertz CT molecular complexity index is 270. The summed E-state index contributed by atoms with van der Waals surface area (Å²) in [4.78, 5) is 10.3. The molecule has 0 spiro atoms. The van der Waals surface area contributed by atoms with Crippen molar-refractivity contribution >= 4 is 5.97 Å². The Balaban J connectivity index is 3.99. The van der Waals surface area contributed by atoms with Crippen molar-refractivity contribution in [2.45, 2.75) is 33.6 Å². The molecule has 0 amide bonds. The zero-order valence-corrected chi connectivity index (χ0v) is 9.08. The molecule has 0 heterocycles. The van der Waals surface area contributed by atoms with Gasteiger partial charge in [0.05, 0.1) is 0 Å². The van der Waals surface area contributed by atoms with Gasteiger partial charge < -0.3 is 5.11 Å². The van der Waals surface area contributed by atoms with E-state index in [4.69, 9.17) is 5.11 Å². The molecule has 0 bridgehead atoms. The molecule has 78 valence electrons. The van der Waals surface area contributed by atoms with Gasteiger partial charge in [0.15, 0.2) is 0 Å². The van der Waals surface area contributed by atoms with Crippen molar-refractivity contribution in [3.05, 3.63) is 35.5 Å². The lowest BCUT2D eigenvalue weighted by Gasteiger charge is -1.95. The maximum Gasteiger partial charge on any atom is 0.303 e. The number of carboxylic acid groups (broad SMARTS) is 1. The van der Waals surface area contributed by atoms with Gasteiger partial charge in [0.25, 0.3) is 0 Å². The summed E-state index contributed by atoms with van der Waals surface area (Å²) < 4.78 is 0. The van der Waals surface area contributed by atoms with Crippen molar-refractivity contribution in [2.75, 3.05) is 0 Å². The van der Waals surface area contributed by atoms with Crippen LogP contribution in [0, 0.1) is 0 Å². The van der Waals surface area contributed by atoms with E-state index in [1.165, 1.54) is 5.57 Å². The van der Waals surface area contributed by atoms with Crippen molar-refractivity contribution in [1.82, 2.24) is 0 Å². The average Bonchev–Trinajstić information content (AvgIpc) is 2.14. The standard InChI is InChI=1S/C12H18O2/c1-4-10(2)6-5-7-11(3)8-9-12(13)14/h4-7H,8-9H2,1-3H3,(H,13,14)/b6-5+,10-4+,11-7+. The topological polar surface area (TPSA) is 37.3 Å². The van der Waals surface area contributed by atoms with Crippen LogP contribution in [0.3, 0.4) is 0 Å². The smallest absolute Gasteiger partial charge is 0.303 e. The van der Waals surface area contributed by atoms with Crippen molar-refractivity contribution in [1.29, 1.82) is 0 Å². The van der Waals surface area contributed by atoms with Crippen LogP contribution < -0.4 is 0 Å². The normalized spacial score (nSPS) is 13.6. The minimum absolute atomic E-state index is 0.207. The summed E-state index contributed by atoms with van der Waals surface area (Å²) >= 11 is 0. The summed E-state index contributed by atoms with van der Waals surface area (Å²) in [6.45, 7) is 5.95. The molecule has 0 saturated carbocycles. The number of allylic oxidation sites excluding steroid dienone is 6. The summed E-state index contributed by atoms with van der Waals surface area (Å²) in [7, 11) is 0. The molecule has 0 saturated heterocycles. The van der Waals surface area contributed by atoms with Gasteiger partial charge in [-0.05, 0) is 27.2 Å². The Hall–Kier alpha value is -1.31. The summed E-state index contributed by atoms with van der Waals surface area (Å²) in [5.41, 5.74) is 2.29. The van der Waals surface area contributed by atoms with Crippen LogP contribution >= 0.6 is 0 Å². The molecule has 0 aliphatic heterocycles. The number of hydrogen-bond donors (Lipinski definition) is 1. The third kappa shape index (κ3) is 7.35. The molecule has 0 unspecified atom stereocenters. The molecule has 0 fully saturated rings. The van der Waals surface area contributed by atoms with Crippen LogP contribution in [-0.2, 0) is 4.79 Å². The quantitative estimate of drug-likeness (QED) is 0.682. The van der Waals surface area contributed by atoms with E-state index in [0.717, 1.165) is 5.57 Å². The molecule has 2 heteroatoms. The second-order valence-electron chi connectivity index (χ2n) is 3.30. The highest BCUT2D eigenvalue weighted by molar-refractivity contribution is 5.67. The molecule has 0 atom stereocenters. The average molecular weight is 194 g/mol. The Morgan fingerprint density at radius 3 is 2.43 bits per heavy atom. The van der Waals surface area contributed by atoms with Gasteiger partial charge in [-0.3, -0.25) is 4.79 Å². The monoisotopic (exact) mass is 194 g/mol. The Morgan fingerprint density at radius 2 is 1.93 bits per heavy atom. The molecule has 2 nitrogen and oxygen atoms in total. The number of rotatable bonds is 5. The number of hydrogen-bond acceptors (Lipinski definition) is 1. The number of aliphatic carboxylic acids is 1. The zero-order chi connectivity index (χ0) is 11.0. The molecule has 0 aromatic carbocycles. The van der Waals surface area contributed by atoms with E-state index < -0.39 is 5.97 Å². The zero-order valence-electron chi connectivity index (χ0n) is 9.08. The molecule has 0 radical (unpaired) electrons. The highest BCUT2D eigenvalue weighted by atomic mass is 16.4. The summed E-state index contributed by atoms with van der Waals surface area (Å²) in [5.74, 6) is -0.744. The van der Waals surface area contributed by atoms with Gasteiger partial charge in [-0.25, -0.2) is 0 Å². The first-order chi connectivity index (χ1) is 6.56. The molecule has 0 aliphatic rings. The van der Waals surface area contributed by atoms with Crippen LogP contribution in [-0.4, -0.2) is 11.1 Å². The van der Waals surface area contributed by atoms with Gasteiger partial charge >= 0.3 is 5.97 Å². The van der Waals surface area contributed by atoms with Crippen LogP contribution in [0.4, 0.5) is 0 Å². The predicted molar refractivity (Wildman–Crippen MR) is 59.2 cm³/mol. The SMILES string of the molecule is C/C=C(C)/C=C/C=C(\C)CCC(=O)O. The lowest BCUT2D eigenvalue weighted by Crippen LogP contribution is -1.93. The highest BCUT2D eigenvalue weighted by Crippen LogP contribution is 2.04. The molecule has 0 aromatic rings. The largest absolute Gasteiger partial charge is 0.481 e. The lowest BCUT2D eigenvalue weighted by molar-refractivity contribution is -0.136. The van der Waals surface area contributed by atoms with E-state index in [2.05, 4.69) is 0 Å². The fourth-order valence-corrected chi connectivity index (χ4v) is 0.848. The van der Waals surface area contributed by atoms with E-state index in [0.29, 0.717) is 6.42 Å². The van der Waals surface area contributed by atoms with Crippen LogP contribution in [0.1, 0.15) is 33.6 Å². The Kier molecular flexibility index (Phi) is 6.46.